The first kappa shape index (κ1) is 10.4. The van der Waals surface area contributed by atoms with Crippen LogP contribution in [0.15, 0.2) is 36.7 Å². The van der Waals surface area contributed by atoms with Crippen LogP contribution in [0.25, 0.3) is 0 Å². The molecule has 0 aliphatic heterocycles. The minimum atomic E-state index is -0.268. The van der Waals surface area contributed by atoms with Gasteiger partial charge in [0.15, 0.2) is 5.82 Å². The van der Waals surface area contributed by atoms with Crippen molar-refractivity contribution in [2.24, 2.45) is 0 Å². The molecule has 2 N–H and O–H groups in total. The molecular formula is C11H11FN4. The molecule has 1 heterocycles. The van der Waals surface area contributed by atoms with Crippen LogP contribution < -0.4 is 10.6 Å². The molecule has 0 aliphatic rings. The van der Waals surface area contributed by atoms with Crippen molar-refractivity contribution >= 4 is 17.3 Å². The highest BCUT2D eigenvalue weighted by Gasteiger charge is 2.05. The van der Waals surface area contributed by atoms with Gasteiger partial charge in [-0.15, -0.1) is 0 Å². The van der Waals surface area contributed by atoms with Crippen molar-refractivity contribution in [1.29, 1.82) is 0 Å². The lowest BCUT2D eigenvalue weighted by Crippen LogP contribution is -2.12. The molecule has 4 nitrogen and oxygen atoms in total. The average molecular weight is 218 g/mol. The number of aromatic nitrogens is 2. The molecule has 0 radical (unpaired) electrons. The molecule has 5 heteroatoms. The Morgan fingerprint density at radius 3 is 2.50 bits per heavy atom. The number of rotatable bonds is 2. The Hall–Kier alpha value is -2.17. The van der Waals surface area contributed by atoms with Crippen LogP contribution in [0.5, 0.6) is 0 Å². The van der Waals surface area contributed by atoms with Gasteiger partial charge in [-0.05, 0) is 24.3 Å². The average Bonchev–Trinajstić information content (AvgIpc) is 2.29. The maximum absolute atomic E-state index is 12.8. The van der Waals surface area contributed by atoms with Crippen molar-refractivity contribution in [2.45, 2.75) is 0 Å². The Bertz CT molecular complexity index is 484. The summed E-state index contributed by atoms with van der Waals surface area (Å²) in [5.41, 5.74) is 6.36. The monoisotopic (exact) mass is 218 g/mol. The molecule has 0 saturated carbocycles. The normalized spacial score (nSPS) is 10.1. The number of hydrogen-bond donors (Lipinski definition) is 1. The van der Waals surface area contributed by atoms with Crippen LogP contribution in [0.2, 0.25) is 0 Å². The van der Waals surface area contributed by atoms with E-state index in [4.69, 9.17) is 5.73 Å². The molecule has 0 unspecified atom stereocenters. The van der Waals surface area contributed by atoms with E-state index in [0.717, 1.165) is 5.69 Å². The SMILES string of the molecule is CN(c1ccc(F)cc1)c1cncc(N)n1. The fourth-order valence-electron chi connectivity index (χ4n) is 1.33. The Labute approximate surface area is 92.6 Å². The lowest BCUT2D eigenvalue weighted by atomic mass is 10.3. The maximum atomic E-state index is 12.8. The van der Waals surface area contributed by atoms with Gasteiger partial charge in [0, 0.05) is 12.7 Å². The molecule has 0 amide bonds. The Morgan fingerprint density at radius 2 is 1.88 bits per heavy atom. The second-order valence-corrected chi connectivity index (χ2v) is 3.34. The molecule has 0 fully saturated rings. The topological polar surface area (TPSA) is 55.0 Å². The van der Waals surface area contributed by atoms with Crippen LogP contribution in [-0.4, -0.2) is 17.0 Å². The summed E-state index contributed by atoms with van der Waals surface area (Å²) in [5, 5.41) is 0. The summed E-state index contributed by atoms with van der Waals surface area (Å²) in [4.78, 5) is 9.85. The highest BCUT2D eigenvalue weighted by molar-refractivity contribution is 5.59. The van der Waals surface area contributed by atoms with Gasteiger partial charge in [0.1, 0.15) is 11.6 Å². The quantitative estimate of drug-likeness (QED) is 0.837. The fraction of sp³-hybridized carbons (Fsp3) is 0.0909. The van der Waals surface area contributed by atoms with Crippen LogP contribution in [0.1, 0.15) is 0 Å². The Balaban J connectivity index is 2.31. The van der Waals surface area contributed by atoms with E-state index in [-0.39, 0.29) is 5.82 Å². The standard InChI is InChI=1S/C11H11FN4/c1-16(9-4-2-8(12)3-5-9)11-7-14-6-10(13)15-11/h2-7H,1H3,(H2,13,15). The highest BCUT2D eigenvalue weighted by atomic mass is 19.1. The molecule has 2 rings (SSSR count). The summed E-state index contributed by atoms with van der Waals surface area (Å²) >= 11 is 0. The summed E-state index contributed by atoms with van der Waals surface area (Å²) in [6, 6.07) is 6.12. The van der Waals surface area contributed by atoms with E-state index in [1.54, 1.807) is 23.2 Å². The van der Waals surface area contributed by atoms with Crippen LogP contribution >= 0.6 is 0 Å². The zero-order chi connectivity index (χ0) is 11.5. The van der Waals surface area contributed by atoms with E-state index in [1.807, 2.05) is 7.05 Å². The van der Waals surface area contributed by atoms with Gasteiger partial charge in [-0.1, -0.05) is 0 Å². The zero-order valence-corrected chi connectivity index (χ0v) is 8.76. The van der Waals surface area contributed by atoms with Gasteiger partial charge in [-0.3, -0.25) is 4.98 Å². The summed E-state index contributed by atoms with van der Waals surface area (Å²) in [6.45, 7) is 0. The predicted octanol–water partition coefficient (Wildman–Crippen LogP) is 1.97. The van der Waals surface area contributed by atoms with Crippen molar-refractivity contribution in [3.8, 4) is 0 Å². The summed E-state index contributed by atoms with van der Waals surface area (Å²) < 4.78 is 12.8. The van der Waals surface area contributed by atoms with E-state index >= 15 is 0 Å². The first-order valence-corrected chi connectivity index (χ1v) is 4.73. The first-order chi connectivity index (χ1) is 7.66. The van der Waals surface area contributed by atoms with Crippen molar-refractivity contribution < 1.29 is 4.39 Å². The molecule has 1 aromatic heterocycles. The summed E-state index contributed by atoms with van der Waals surface area (Å²) in [6.07, 6.45) is 3.07. The number of nitrogens with zero attached hydrogens (tertiary/aromatic N) is 3. The van der Waals surface area contributed by atoms with Crippen molar-refractivity contribution in [3.63, 3.8) is 0 Å². The molecular weight excluding hydrogens is 207 g/mol. The van der Waals surface area contributed by atoms with Gasteiger partial charge in [0.05, 0.1) is 12.4 Å². The summed E-state index contributed by atoms with van der Waals surface area (Å²) in [7, 11) is 1.82. The third-order valence-corrected chi connectivity index (χ3v) is 2.20. The third-order valence-electron chi connectivity index (χ3n) is 2.20. The molecule has 0 saturated heterocycles. The maximum Gasteiger partial charge on any atom is 0.153 e. The van der Waals surface area contributed by atoms with Crippen LogP contribution in [0, 0.1) is 5.82 Å². The molecule has 16 heavy (non-hydrogen) atoms. The van der Waals surface area contributed by atoms with Crippen molar-refractivity contribution in [3.05, 3.63) is 42.5 Å². The lowest BCUT2D eigenvalue weighted by Gasteiger charge is -2.17. The van der Waals surface area contributed by atoms with Gasteiger partial charge in [0.25, 0.3) is 0 Å². The number of nitrogens with two attached hydrogens (primary N) is 1. The van der Waals surface area contributed by atoms with E-state index < -0.39 is 0 Å². The third kappa shape index (κ3) is 2.08. The minimum Gasteiger partial charge on any atom is -0.382 e. The number of anilines is 3. The van der Waals surface area contributed by atoms with Crippen molar-refractivity contribution in [1.82, 2.24) is 9.97 Å². The molecule has 0 atom stereocenters. The first-order valence-electron chi connectivity index (χ1n) is 4.73. The number of benzene rings is 1. The highest BCUT2D eigenvalue weighted by Crippen LogP contribution is 2.21. The fourth-order valence-corrected chi connectivity index (χ4v) is 1.33. The van der Waals surface area contributed by atoms with Gasteiger partial charge >= 0.3 is 0 Å². The smallest absolute Gasteiger partial charge is 0.153 e. The zero-order valence-electron chi connectivity index (χ0n) is 8.76. The molecule has 0 spiro atoms. The number of halogens is 1. The second-order valence-electron chi connectivity index (χ2n) is 3.34. The van der Waals surface area contributed by atoms with Gasteiger partial charge in [0.2, 0.25) is 0 Å². The Kier molecular flexibility index (Phi) is 2.68. The van der Waals surface area contributed by atoms with E-state index in [2.05, 4.69) is 9.97 Å². The molecule has 2 aromatic rings. The predicted molar refractivity (Wildman–Crippen MR) is 60.9 cm³/mol. The van der Waals surface area contributed by atoms with E-state index in [1.165, 1.54) is 18.3 Å². The van der Waals surface area contributed by atoms with E-state index in [0.29, 0.717) is 11.6 Å². The molecule has 1 aromatic carbocycles. The van der Waals surface area contributed by atoms with Crippen LogP contribution in [0.3, 0.4) is 0 Å². The largest absolute Gasteiger partial charge is 0.382 e. The van der Waals surface area contributed by atoms with Crippen LogP contribution in [-0.2, 0) is 0 Å². The Morgan fingerprint density at radius 1 is 1.19 bits per heavy atom. The minimum absolute atomic E-state index is 0.268. The van der Waals surface area contributed by atoms with Gasteiger partial charge < -0.3 is 10.6 Å². The van der Waals surface area contributed by atoms with Gasteiger partial charge in [-0.25, -0.2) is 9.37 Å². The molecule has 0 bridgehead atoms. The van der Waals surface area contributed by atoms with Crippen molar-refractivity contribution in [2.75, 3.05) is 17.7 Å². The lowest BCUT2D eigenvalue weighted by molar-refractivity contribution is 0.628. The van der Waals surface area contributed by atoms with Gasteiger partial charge in [-0.2, -0.15) is 0 Å². The van der Waals surface area contributed by atoms with E-state index in [9.17, 15) is 4.39 Å². The van der Waals surface area contributed by atoms with Crippen LogP contribution in [0.4, 0.5) is 21.7 Å². The summed E-state index contributed by atoms with van der Waals surface area (Å²) in [5.74, 6) is 0.703. The second kappa shape index (κ2) is 4.14. The molecule has 82 valence electrons. The molecule has 0 aliphatic carbocycles. The number of hydrogen-bond acceptors (Lipinski definition) is 4. The number of nitrogen functional groups attached to an aromatic ring is 1.